The largest absolute Gasteiger partial charge is 0.364 e. The molecule has 0 aliphatic heterocycles. The van der Waals surface area contributed by atoms with E-state index in [1.807, 2.05) is 29.8 Å². The molecule has 5 heteroatoms. The number of hydrogen-bond donors (Lipinski definition) is 0. The van der Waals surface area contributed by atoms with Crippen molar-refractivity contribution in [2.75, 3.05) is 14.2 Å². The van der Waals surface area contributed by atoms with Crippen molar-refractivity contribution in [3.8, 4) is 0 Å². The van der Waals surface area contributed by atoms with E-state index in [0.717, 1.165) is 16.6 Å². The molecule has 0 bridgehead atoms. The lowest BCUT2D eigenvalue weighted by Gasteiger charge is -2.29. The van der Waals surface area contributed by atoms with E-state index in [4.69, 9.17) is 14.0 Å². The van der Waals surface area contributed by atoms with Crippen LogP contribution in [0.1, 0.15) is 11.4 Å². The molecule has 0 spiro atoms. The summed E-state index contributed by atoms with van der Waals surface area (Å²) in [5, 5.41) is 5.10. The first-order chi connectivity index (χ1) is 9.73. The predicted molar refractivity (Wildman–Crippen MR) is 74.2 cm³/mol. The second-order valence-corrected chi connectivity index (χ2v) is 4.56. The van der Waals surface area contributed by atoms with Crippen LogP contribution < -0.4 is 0 Å². The molecule has 2 aromatic heterocycles. The number of fused-ring (bicyclic) bond motifs is 1. The fourth-order valence-corrected chi connectivity index (χ4v) is 2.62. The van der Waals surface area contributed by atoms with Gasteiger partial charge in [0.1, 0.15) is 12.0 Å². The van der Waals surface area contributed by atoms with E-state index in [1.54, 1.807) is 20.3 Å². The molecular formula is C15H16N2O3. The average molecular weight is 272 g/mol. The Morgan fingerprint density at radius 3 is 2.50 bits per heavy atom. The Morgan fingerprint density at radius 1 is 1.15 bits per heavy atom. The second-order valence-electron chi connectivity index (χ2n) is 4.56. The number of para-hydroxylation sites is 1. The van der Waals surface area contributed by atoms with Crippen LogP contribution in [0.3, 0.4) is 0 Å². The fraction of sp³-hybridized carbons (Fsp3) is 0.267. The highest BCUT2D eigenvalue weighted by Crippen LogP contribution is 2.35. The first-order valence-electron chi connectivity index (χ1n) is 6.29. The van der Waals surface area contributed by atoms with Gasteiger partial charge in [-0.25, -0.2) is 0 Å². The van der Waals surface area contributed by atoms with E-state index in [9.17, 15) is 0 Å². The third-order valence-electron chi connectivity index (χ3n) is 3.64. The summed E-state index contributed by atoms with van der Waals surface area (Å²) in [6.45, 7) is 0. The number of benzene rings is 1. The number of hydrogen-bond acceptors (Lipinski definition) is 4. The van der Waals surface area contributed by atoms with Crippen LogP contribution in [0.15, 0.2) is 47.2 Å². The van der Waals surface area contributed by atoms with Crippen LogP contribution in [0.2, 0.25) is 0 Å². The molecule has 0 fully saturated rings. The SMILES string of the molecule is COC(OC)(c1ccon1)c1cc2ccccc2n1C. The maximum absolute atomic E-state index is 5.66. The van der Waals surface area contributed by atoms with E-state index in [0.29, 0.717) is 5.69 Å². The molecule has 20 heavy (non-hydrogen) atoms. The minimum atomic E-state index is -1.08. The number of rotatable bonds is 4. The van der Waals surface area contributed by atoms with E-state index in [1.165, 1.54) is 6.26 Å². The molecule has 1 aromatic carbocycles. The Morgan fingerprint density at radius 2 is 1.90 bits per heavy atom. The average Bonchev–Trinajstić information content (AvgIpc) is 3.12. The standard InChI is InChI=1S/C15H16N2O3/c1-17-12-7-5-4-6-11(12)10-14(17)15(18-2,19-3)13-8-9-20-16-13/h4-10H,1-3H3. The summed E-state index contributed by atoms with van der Waals surface area (Å²) in [4.78, 5) is 0. The summed E-state index contributed by atoms with van der Waals surface area (Å²) in [5.74, 6) is -1.08. The minimum Gasteiger partial charge on any atom is -0.364 e. The van der Waals surface area contributed by atoms with Crippen LogP contribution in [0.25, 0.3) is 10.9 Å². The molecule has 3 rings (SSSR count). The maximum Gasteiger partial charge on any atom is 0.258 e. The molecule has 3 aromatic rings. The number of ether oxygens (including phenoxy) is 2. The molecule has 0 aliphatic carbocycles. The van der Waals surface area contributed by atoms with Gasteiger partial charge in [-0.05, 0) is 12.1 Å². The van der Waals surface area contributed by atoms with Crippen LogP contribution >= 0.6 is 0 Å². The van der Waals surface area contributed by atoms with Gasteiger partial charge >= 0.3 is 0 Å². The highest BCUT2D eigenvalue weighted by Gasteiger charge is 2.40. The molecule has 0 amide bonds. The second kappa shape index (κ2) is 4.77. The molecule has 0 atom stereocenters. The molecule has 0 radical (unpaired) electrons. The lowest BCUT2D eigenvalue weighted by Crippen LogP contribution is -2.34. The van der Waals surface area contributed by atoms with Gasteiger partial charge in [0.15, 0.2) is 0 Å². The Labute approximate surface area is 116 Å². The molecule has 0 saturated heterocycles. The van der Waals surface area contributed by atoms with E-state index in [-0.39, 0.29) is 0 Å². The number of aromatic nitrogens is 2. The van der Waals surface area contributed by atoms with Crippen LogP contribution in [-0.2, 0) is 22.3 Å². The van der Waals surface area contributed by atoms with E-state index in [2.05, 4.69) is 17.3 Å². The van der Waals surface area contributed by atoms with Crippen molar-refractivity contribution in [2.45, 2.75) is 5.79 Å². The minimum absolute atomic E-state index is 0.577. The zero-order chi connectivity index (χ0) is 14.2. The summed E-state index contributed by atoms with van der Waals surface area (Å²) in [5.41, 5.74) is 2.54. The monoisotopic (exact) mass is 272 g/mol. The van der Waals surface area contributed by atoms with Gasteiger partial charge in [-0.15, -0.1) is 0 Å². The molecule has 0 unspecified atom stereocenters. The molecule has 0 N–H and O–H groups in total. The summed E-state index contributed by atoms with van der Waals surface area (Å²) in [6.07, 6.45) is 1.50. The predicted octanol–water partition coefficient (Wildman–Crippen LogP) is 2.66. The van der Waals surface area contributed by atoms with Crippen LogP contribution in [0.5, 0.6) is 0 Å². The van der Waals surface area contributed by atoms with Crippen molar-refractivity contribution >= 4 is 10.9 Å². The van der Waals surface area contributed by atoms with Crippen molar-refractivity contribution in [3.05, 3.63) is 54.0 Å². The summed E-state index contributed by atoms with van der Waals surface area (Å²) in [7, 11) is 5.16. The Hall–Kier alpha value is -2.11. The zero-order valence-electron chi connectivity index (χ0n) is 11.7. The highest BCUT2D eigenvalue weighted by molar-refractivity contribution is 5.81. The van der Waals surface area contributed by atoms with Crippen LogP contribution in [0, 0.1) is 0 Å². The van der Waals surface area contributed by atoms with Gasteiger partial charge in [0, 0.05) is 38.2 Å². The topological polar surface area (TPSA) is 49.4 Å². The van der Waals surface area contributed by atoms with Crippen LogP contribution in [-0.4, -0.2) is 23.9 Å². The molecule has 0 saturated carbocycles. The third-order valence-corrected chi connectivity index (χ3v) is 3.64. The van der Waals surface area contributed by atoms with Crippen LogP contribution in [0.4, 0.5) is 0 Å². The maximum atomic E-state index is 5.66. The van der Waals surface area contributed by atoms with Gasteiger partial charge in [-0.3, -0.25) is 0 Å². The van der Waals surface area contributed by atoms with E-state index < -0.39 is 5.79 Å². The van der Waals surface area contributed by atoms with Gasteiger partial charge in [0.05, 0.1) is 5.69 Å². The van der Waals surface area contributed by atoms with Crippen molar-refractivity contribution in [1.82, 2.24) is 9.72 Å². The third kappa shape index (κ3) is 1.67. The number of nitrogens with zero attached hydrogens (tertiary/aromatic N) is 2. The van der Waals surface area contributed by atoms with Gasteiger partial charge in [0.25, 0.3) is 5.79 Å². The number of methoxy groups -OCH3 is 2. The first-order valence-corrected chi connectivity index (χ1v) is 6.29. The molecular weight excluding hydrogens is 256 g/mol. The molecule has 2 heterocycles. The summed E-state index contributed by atoms with van der Waals surface area (Å²) in [6, 6.07) is 11.9. The smallest absolute Gasteiger partial charge is 0.258 e. The lowest BCUT2D eigenvalue weighted by atomic mass is 10.1. The Kier molecular flexibility index (Phi) is 3.08. The molecule has 104 valence electrons. The van der Waals surface area contributed by atoms with Gasteiger partial charge < -0.3 is 18.6 Å². The van der Waals surface area contributed by atoms with Gasteiger partial charge in [-0.2, -0.15) is 0 Å². The zero-order valence-corrected chi connectivity index (χ0v) is 11.7. The van der Waals surface area contributed by atoms with Crippen molar-refractivity contribution in [3.63, 3.8) is 0 Å². The summed E-state index contributed by atoms with van der Waals surface area (Å²) < 4.78 is 18.3. The molecule has 5 nitrogen and oxygen atoms in total. The number of aryl methyl sites for hydroxylation is 1. The highest BCUT2D eigenvalue weighted by atomic mass is 16.7. The van der Waals surface area contributed by atoms with Gasteiger partial charge in [-0.1, -0.05) is 23.4 Å². The van der Waals surface area contributed by atoms with Crippen molar-refractivity contribution < 1.29 is 14.0 Å². The van der Waals surface area contributed by atoms with Crippen molar-refractivity contribution in [1.29, 1.82) is 0 Å². The Bertz CT molecular complexity index is 712. The Balaban J connectivity index is 2.27. The first kappa shape index (κ1) is 12.9. The lowest BCUT2D eigenvalue weighted by molar-refractivity contribution is -0.191. The fourth-order valence-electron chi connectivity index (χ4n) is 2.62. The van der Waals surface area contributed by atoms with Gasteiger partial charge in [0.2, 0.25) is 0 Å². The van der Waals surface area contributed by atoms with E-state index >= 15 is 0 Å². The summed E-state index contributed by atoms with van der Waals surface area (Å²) >= 11 is 0. The quantitative estimate of drug-likeness (QED) is 0.685. The molecule has 0 aliphatic rings. The van der Waals surface area contributed by atoms with Crippen molar-refractivity contribution in [2.24, 2.45) is 7.05 Å². The normalized spacial score (nSPS) is 12.2.